The van der Waals surface area contributed by atoms with Gasteiger partial charge >= 0.3 is 0 Å². The van der Waals surface area contributed by atoms with E-state index in [9.17, 15) is 0 Å². The molecular weight excluding hydrogens is 176 g/mol. The Labute approximate surface area is 82.4 Å². The lowest BCUT2D eigenvalue weighted by Crippen LogP contribution is -1.95. The molecule has 4 heteroatoms. The van der Waals surface area contributed by atoms with Gasteiger partial charge in [0.15, 0.2) is 0 Å². The molecule has 0 aliphatic rings. The van der Waals surface area contributed by atoms with Crippen molar-refractivity contribution in [1.82, 2.24) is 14.8 Å². The number of pyridine rings is 1. The molecule has 72 valence electrons. The highest BCUT2D eigenvalue weighted by atomic mass is 15.3. The van der Waals surface area contributed by atoms with Gasteiger partial charge in [0.05, 0.1) is 5.69 Å². The fraction of sp³-hybridized carbons (Fsp3) is 0.200. The second kappa shape index (κ2) is 3.14. The van der Waals surface area contributed by atoms with Crippen molar-refractivity contribution < 1.29 is 0 Å². The zero-order chi connectivity index (χ0) is 10.1. The second-order valence-electron chi connectivity index (χ2n) is 3.23. The predicted molar refractivity (Wildman–Crippen MR) is 55.6 cm³/mol. The summed E-state index contributed by atoms with van der Waals surface area (Å²) < 4.78 is 1.82. The van der Waals surface area contributed by atoms with Crippen molar-refractivity contribution in [3.63, 3.8) is 0 Å². The molecule has 2 aromatic rings. The number of hydrogen-bond acceptors (Lipinski definition) is 3. The molecule has 0 atom stereocenters. The van der Waals surface area contributed by atoms with Gasteiger partial charge in [-0.15, -0.1) is 0 Å². The average Bonchev–Trinajstić information content (AvgIpc) is 2.48. The number of nitrogens with zero attached hydrogens (tertiary/aromatic N) is 3. The molecule has 0 fully saturated rings. The maximum atomic E-state index is 5.75. The van der Waals surface area contributed by atoms with Gasteiger partial charge in [0.1, 0.15) is 5.82 Å². The molecule has 0 bridgehead atoms. The van der Waals surface area contributed by atoms with Gasteiger partial charge in [-0.2, -0.15) is 5.10 Å². The van der Waals surface area contributed by atoms with Gasteiger partial charge < -0.3 is 5.73 Å². The van der Waals surface area contributed by atoms with E-state index in [1.807, 2.05) is 36.9 Å². The third-order valence-electron chi connectivity index (χ3n) is 2.23. The summed E-state index contributed by atoms with van der Waals surface area (Å²) >= 11 is 0. The summed E-state index contributed by atoms with van der Waals surface area (Å²) in [5.74, 6) is 0.519. The van der Waals surface area contributed by atoms with Gasteiger partial charge in [-0.05, 0) is 25.1 Å². The third-order valence-corrected chi connectivity index (χ3v) is 2.23. The number of aromatic nitrogens is 3. The summed E-state index contributed by atoms with van der Waals surface area (Å²) in [5.41, 5.74) is 8.61. The standard InChI is InChI=1S/C10H12N4/c1-7-6-9(13-14(7)2)8-4-3-5-12-10(8)11/h3-6H,1-2H3,(H2,11,12). The molecule has 0 aliphatic heterocycles. The minimum atomic E-state index is 0.519. The minimum absolute atomic E-state index is 0.519. The van der Waals surface area contributed by atoms with Crippen molar-refractivity contribution in [1.29, 1.82) is 0 Å². The summed E-state index contributed by atoms with van der Waals surface area (Å²) in [4.78, 5) is 4.02. The topological polar surface area (TPSA) is 56.7 Å². The lowest BCUT2D eigenvalue weighted by molar-refractivity contribution is 0.743. The van der Waals surface area contributed by atoms with Gasteiger partial charge in [-0.1, -0.05) is 0 Å². The zero-order valence-electron chi connectivity index (χ0n) is 8.23. The van der Waals surface area contributed by atoms with Crippen molar-refractivity contribution in [3.05, 3.63) is 30.1 Å². The second-order valence-corrected chi connectivity index (χ2v) is 3.23. The largest absolute Gasteiger partial charge is 0.383 e. The van der Waals surface area contributed by atoms with Gasteiger partial charge in [0.25, 0.3) is 0 Å². The fourth-order valence-corrected chi connectivity index (χ4v) is 1.33. The molecule has 0 unspecified atom stereocenters. The van der Waals surface area contributed by atoms with E-state index >= 15 is 0 Å². The Morgan fingerprint density at radius 2 is 2.21 bits per heavy atom. The first-order valence-corrected chi connectivity index (χ1v) is 4.40. The average molecular weight is 188 g/mol. The van der Waals surface area contributed by atoms with Crippen molar-refractivity contribution >= 4 is 5.82 Å². The van der Waals surface area contributed by atoms with Crippen LogP contribution in [0.1, 0.15) is 5.69 Å². The molecule has 2 heterocycles. The quantitative estimate of drug-likeness (QED) is 0.735. The summed E-state index contributed by atoms with van der Waals surface area (Å²) in [6.45, 7) is 2.00. The highest BCUT2D eigenvalue weighted by Crippen LogP contribution is 2.22. The van der Waals surface area contributed by atoms with E-state index in [1.54, 1.807) is 6.20 Å². The van der Waals surface area contributed by atoms with Crippen LogP contribution in [0.2, 0.25) is 0 Å². The van der Waals surface area contributed by atoms with Crippen molar-refractivity contribution in [2.75, 3.05) is 5.73 Å². The first kappa shape index (κ1) is 8.74. The predicted octanol–water partition coefficient (Wildman–Crippen LogP) is 1.37. The highest BCUT2D eigenvalue weighted by molar-refractivity contribution is 5.70. The maximum Gasteiger partial charge on any atom is 0.132 e. The lowest BCUT2D eigenvalue weighted by atomic mass is 10.2. The van der Waals surface area contributed by atoms with E-state index in [0.717, 1.165) is 17.0 Å². The van der Waals surface area contributed by atoms with E-state index in [1.165, 1.54) is 0 Å². The maximum absolute atomic E-state index is 5.75. The van der Waals surface area contributed by atoms with E-state index in [2.05, 4.69) is 10.1 Å². The third kappa shape index (κ3) is 1.35. The Balaban J connectivity index is 2.55. The van der Waals surface area contributed by atoms with Crippen molar-refractivity contribution in [2.45, 2.75) is 6.92 Å². The molecule has 0 aromatic carbocycles. The lowest BCUT2D eigenvalue weighted by Gasteiger charge is -1.98. The summed E-state index contributed by atoms with van der Waals surface area (Å²) in [5, 5.41) is 4.34. The number of anilines is 1. The number of nitrogens with two attached hydrogens (primary N) is 1. The molecule has 0 saturated carbocycles. The number of nitrogen functional groups attached to an aromatic ring is 1. The van der Waals surface area contributed by atoms with Crippen molar-refractivity contribution in [3.8, 4) is 11.3 Å². The monoisotopic (exact) mass is 188 g/mol. The summed E-state index contributed by atoms with van der Waals surface area (Å²) in [7, 11) is 1.91. The molecule has 2 aromatic heterocycles. The normalized spacial score (nSPS) is 10.4. The summed E-state index contributed by atoms with van der Waals surface area (Å²) in [6, 6.07) is 5.77. The first-order valence-electron chi connectivity index (χ1n) is 4.40. The minimum Gasteiger partial charge on any atom is -0.383 e. The van der Waals surface area contributed by atoms with Crippen LogP contribution in [0, 0.1) is 6.92 Å². The molecule has 14 heavy (non-hydrogen) atoms. The Bertz CT molecular complexity index is 439. The molecule has 0 aliphatic carbocycles. The first-order chi connectivity index (χ1) is 6.68. The highest BCUT2D eigenvalue weighted by Gasteiger charge is 2.07. The van der Waals surface area contributed by atoms with Crippen LogP contribution < -0.4 is 5.73 Å². The van der Waals surface area contributed by atoms with Crippen LogP contribution in [0.4, 0.5) is 5.82 Å². The number of rotatable bonds is 1. The van der Waals surface area contributed by atoms with Crippen LogP contribution in [0.25, 0.3) is 11.3 Å². The Morgan fingerprint density at radius 1 is 1.43 bits per heavy atom. The Morgan fingerprint density at radius 3 is 2.79 bits per heavy atom. The SMILES string of the molecule is Cc1cc(-c2cccnc2N)nn1C. The molecule has 2 rings (SSSR count). The van der Waals surface area contributed by atoms with Crippen LogP contribution in [0.3, 0.4) is 0 Å². The molecule has 2 N–H and O–H groups in total. The number of hydrogen-bond donors (Lipinski definition) is 1. The molecular formula is C10H12N4. The van der Waals surface area contributed by atoms with Crippen molar-refractivity contribution in [2.24, 2.45) is 7.05 Å². The van der Waals surface area contributed by atoms with E-state index in [4.69, 9.17) is 5.73 Å². The van der Waals surface area contributed by atoms with Gasteiger partial charge in [0.2, 0.25) is 0 Å². The van der Waals surface area contributed by atoms with Crippen LogP contribution in [-0.2, 0) is 7.05 Å². The summed E-state index contributed by atoms with van der Waals surface area (Å²) in [6.07, 6.45) is 1.68. The van der Waals surface area contributed by atoms with E-state index in [-0.39, 0.29) is 0 Å². The smallest absolute Gasteiger partial charge is 0.132 e. The molecule has 0 radical (unpaired) electrons. The van der Waals surface area contributed by atoms with Crippen LogP contribution in [-0.4, -0.2) is 14.8 Å². The zero-order valence-corrected chi connectivity index (χ0v) is 8.23. The van der Waals surface area contributed by atoms with Crippen LogP contribution in [0.15, 0.2) is 24.4 Å². The fourth-order valence-electron chi connectivity index (χ4n) is 1.33. The van der Waals surface area contributed by atoms with Gasteiger partial charge in [-0.3, -0.25) is 4.68 Å². The Kier molecular flexibility index (Phi) is 1.96. The molecule has 0 amide bonds. The van der Waals surface area contributed by atoms with Crippen LogP contribution in [0.5, 0.6) is 0 Å². The van der Waals surface area contributed by atoms with Gasteiger partial charge in [-0.25, -0.2) is 4.98 Å². The molecule has 0 saturated heterocycles. The number of aryl methyl sites for hydroxylation is 2. The molecule has 0 spiro atoms. The van der Waals surface area contributed by atoms with Crippen LogP contribution >= 0.6 is 0 Å². The van der Waals surface area contributed by atoms with E-state index in [0.29, 0.717) is 5.82 Å². The van der Waals surface area contributed by atoms with Gasteiger partial charge in [0, 0.05) is 24.5 Å². The van der Waals surface area contributed by atoms with E-state index < -0.39 is 0 Å². The Hall–Kier alpha value is -1.84. The molecule has 4 nitrogen and oxygen atoms in total.